The van der Waals surface area contributed by atoms with Gasteiger partial charge in [0.15, 0.2) is 11.5 Å². The van der Waals surface area contributed by atoms with Crippen molar-refractivity contribution in [3.8, 4) is 17.2 Å². The van der Waals surface area contributed by atoms with Gasteiger partial charge in [0.05, 0.1) is 17.7 Å². The average Bonchev–Trinajstić information content (AvgIpc) is 2.61. The highest BCUT2D eigenvalue weighted by Gasteiger charge is 2.16. The van der Waals surface area contributed by atoms with Gasteiger partial charge in [0, 0.05) is 11.5 Å². The van der Waals surface area contributed by atoms with Gasteiger partial charge in [0.1, 0.15) is 5.75 Å². The Morgan fingerprint density at radius 1 is 1.14 bits per heavy atom. The summed E-state index contributed by atoms with van der Waals surface area (Å²) in [5.41, 5.74) is 4.09. The molecule has 0 aromatic heterocycles. The highest BCUT2D eigenvalue weighted by atomic mass is 35.5. The van der Waals surface area contributed by atoms with Crippen LogP contribution in [0, 0.1) is 13.8 Å². The van der Waals surface area contributed by atoms with E-state index in [2.05, 4.69) is 6.58 Å². The summed E-state index contributed by atoms with van der Waals surface area (Å²) in [5.74, 6) is 1.84. The normalized spacial score (nSPS) is 11.7. The van der Waals surface area contributed by atoms with Crippen LogP contribution in [0.5, 0.6) is 17.2 Å². The van der Waals surface area contributed by atoms with Crippen LogP contribution < -0.4 is 9.47 Å². The molecule has 3 nitrogen and oxygen atoms in total. The molecule has 0 radical (unpaired) electrons. The Kier molecular flexibility index (Phi) is 8.63. The van der Waals surface area contributed by atoms with Gasteiger partial charge < -0.3 is 14.6 Å². The zero-order chi connectivity index (χ0) is 21.6. The van der Waals surface area contributed by atoms with Crippen LogP contribution in [-0.2, 0) is 12.8 Å². The van der Waals surface area contributed by atoms with Crippen molar-refractivity contribution in [1.29, 1.82) is 0 Å². The quantitative estimate of drug-likeness (QED) is 0.435. The molecule has 0 fully saturated rings. The molecule has 2 rings (SSSR count). The van der Waals surface area contributed by atoms with Crippen LogP contribution >= 0.6 is 23.2 Å². The van der Waals surface area contributed by atoms with Crippen LogP contribution in [0.25, 0.3) is 0 Å². The van der Waals surface area contributed by atoms with E-state index in [1.807, 2.05) is 58.0 Å². The van der Waals surface area contributed by atoms with Gasteiger partial charge in [-0.15, -0.1) is 6.58 Å². The van der Waals surface area contributed by atoms with Crippen molar-refractivity contribution in [1.82, 2.24) is 0 Å². The number of hydrogen-bond donors (Lipinski definition) is 1. The molecule has 0 aliphatic heterocycles. The van der Waals surface area contributed by atoms with Gasteiger partial charge in [0.25, 0.3) is 0 Å². The maximum Gasteiger partial charge on any atom is 0.172 e. The molecule has 29 heavy (non-hydrogen) atoms. The maximum absolute atomic E-state index is 9.03. The van der Waals surface area contributed by atoms with Crippen molar-refractivity contribution < 1.29 is 14.6 Å². The molecule has 156 valence electrons. The van der Waals surface area contributed by atoms with Crippen LogP contribution in [0.2, 0.25) is 5.02 Å². The summed E-state index contributed by atoms with van der Waals surface area (Å²) < 4.78 is 12.3. The third-order valence-electron chi connectivity index (χ3n) is 4.32. The maximum atomic E-state index is 9.03. The summed E-state index contributed by atoms with van der Waals surface area (Å²) in [5, 5.41) is 10.2. The number of benzene rings is 2. The van der Waals surface area contributed by atoms with E-state index < -0.39 is 0 Å². The zero-order valence-electron chi connectivity index (χ0n) is 17.4. The predicted octanol–water partition coefficient (Wildman–Crippen LogP) is 6.92. The van der Waals surface area contributed by atoms with Crippen LogP contribution in [0.4, 0.5) is 0 Å². The van der Waals surface area contributed by atoms with E-state index in [0.717, 1.165) is 28.7 Å². The van der Waals surface area contributed by atoms with Crippen molar-refractivity contribution in [3.05, 3.63) is 75.3 Å². The molecule has 2 aromatic rings. The first-order chi connectivity index (χ1) is 13.7. The molecular weight excluding hydrogens is 407 g/mol. The van der Waals surface area contributed by atoms with Gasteiger partial charge in [-0.05, 0) is 80.6 Å². The topological polar surface area (TPSA) is 38.7 Å². The standard InChI is InChI=1S/C24H28Cl2O3/c1-6-7-19-14-22(21(26)11-16(19)4)29-24-17(5)10-18(12-20(25)8-9-27)13-23(24)28-15(2)3/h6,8,10-11,13-15,27H,1,7,9,12H2,2-5H3/b20-8+. The molecular formula is C24H28Cl2O3. The van der Waals surface area contributed by atoms with Crippen molar-refractivity contribution >= 4 is 23.2 Å². The smallest absolute Gasteiger partial charge is 0.172 e. The Balaban J connectivity index is 2.47. The summed E-state index contributed by atoms with van der Waals surface area (Å²) in [4.78, 5) is 0. The Labute approximate surface area is 183 Å². The first-order valence-corrected chi connectivity index (χ1v) is 10.3. The van der Waals surface area contributed by atoms with Crippen LogP contribution in [0.15, 0.2) is 48.0 Å². The Hall–Kier alpha value is -1.94. The third-order valence-corrected chi connectivity index (χ3v) is 4.90. The number of aliphatic hydroxyl groups is 1. The molecule has 0 saturated heterocycles. The lowest BCUT2D eigenvalue weighted by atomic mass is 10.0. The molecule has 5 heteroatoms. The highest BCUT2D eigenvalue weighted by Crippen LogP contribution is 2.40. The minimum atomic E-state index is -0.0900. The van der Waals surface area contributed by atoms with E-state index in [1.165, 1.54) is 0 Å². The molecule has 0 aliphatic carbocycles. The number of aryl methyl sites for hydroxylation is 2. The lowest BCUT2D eigenvalue weighted by Crippen LogP contribution is -2.08. The molecule has 0 bridgehead atoms. The number of hydrogen-bond acceptors (Lipinski definition) is 3. The van der Waals surface area contributed by atoms with Gasteiger partial charge in [0.2, 0.25) is 0 Å². The summed E-state index contributed by atoms with van der Waals surface area (Å²) in [6.07, 6.45) is 4.66. The number of aliphatic hydroxyl groups excluding tert-OH is 1. The van der Waals surface area contributed by atoms with Crippen LogP contribution in [-0.4, -0.2) is 17.8 Å². The monoisotopic (exact) mass is 434 g/mol. The fourth-order valence-electron chi connectivity index (χ4n) is 3.01. The molecule has 0 unspecified atom stereocenters. The predicted molar refractivity (Wildman–Crippen MR) is 122 cm³/mol. The van der Waals surface area contributed by atoms with Crippen molar-refractivity contribution in [2.24, 2.45) is 0 Å². The first kappa shape index (κ1) is 23.3. The van der Waals surface area contributed by atoms with Crippen LogP contribution in [0.3, 0.4) is 0 Å². The van der Waals surface area contributed by atoms with E-state index in [0.29, 0.717) is 33.7 Å². The molecule has 0 spiro atoms. The van der Waals surface area contributed by atoms with Crippen molar-refractivity contribution in [3.63, 3.8) is 0 Å². The minimum absolute atomic E-state index is 0.0275. The number of halogens is 2. The molecule has 0 saturated carbocycles. The van der Waals surface area contributed by atoms with E-state index >= 15 is 0 Å². The van der Waals surface area contributed by atoms with E-state index in [-0.39, 0.29) is 12.7 Å². The van der Waals surface area contributed by atoms with E-state index in [4.69, 9.17) is 37.8 Å². The Morgan fingerprint density at radius 2 is 1.86 bits per heavy atom. The number of rotatable bonds is 9. The number of ether oxygens (including phenoxy) is 2. The molecule has 0 aliphatic rings. The second kappa shape index (κ2) is 10.7. The third kappa shape index (κ3) is 6.53. The highest BCUT2D eigenvalue weighted by molar-refractivity contribution is 6.32. The van der Waals surface area contributed by atoms with Gasteiger partial charge in [-0.1, -0.05) is 35.3 Å². The second-order valence-electron chi connectivity index (χ2n) is 7.22. The Morgan fingerprint density at radius 3 is 2.48 bits per heavy atom. The second-order valence-corrected chi connectivity index (χ2v) is 8.11. The molecule has 0 heterocycles. The Bertz CT molecular complexity index is 901. The lowest BCUT2D eigenvalue weighted by Gasteiger charge is -2.19. The van der Waals surface area contributed by atoms with Gasteiger partial charge in [-0.2, -0.15) is 0 Å². The molecule has 0 amide bonds. The fourth-order valence-corrected chi connectivity index (χ4v) is 3.49. The first-order valence-electron chi connectivity index (χ1n) is 9.58. The van der Waals surface area contributed by atoms with Crippen molar-refractivity contribution in [2.75, 3.05) is 6.61 Å². The van der Waals surface area contributed by atoms with Crippen LogP contribution in [0.1, 0.15) is 36.1 Å². The fraction of sp³-hybridized carbons (Fsp3) is 0.333. The average molecular weight is 435 g/mol. The summed E-state index contributed by atoms with van der Waals surface area (Å²) in [6.45, 7) is 11.6. The number of allylic oxidation sites excluding steroid dienone is 2. The molecule has 2 aromatic carbocycles. The SMILES string of the molecule is C=CCc1cc(Oc2c(C)cc(C/C(Cl)=C\CO)cc2OC(C)C)c(Cl)cc1C. The summed E-state index contributed by atoms with van der Waals surface area (Å²) in [6, 6.07) is 7.78. The summed E-state index contributed by atoms with van der Waals surface area (Å²) in [7, 11) is 0. The minimum Gasteiger partial charge on any atom is -0.487 e. The largest absolute Gasteiger partial charge is 0.487 e. The van der Waals surface area contributed by atoms with E-state index in [1.54, 1.807) is 6.08 Å². The summed E-state index contributed by atoms with van der Waals surface area (Å²) >= 11 is 12.6. The zero-order valence-corrected chi connectivity index (χ0v) is 18.9. The van der Waals surface area contributed by atoms with E-state index in [9.17, 15) is 0 Å². The molecule has 0 atom stereocenters. The lowest BCUT2D eigenvalue weighted by molar-refractivity contribution is 0.233. The van der Waals surface area contributed by atoms with Gasteiger partial charge in [-0.3, -0.25) is 0 Å². The molecule has 1 N–H and O–H groups in total. The van der Waals surface area contributed by atoms with Crippen molar-refractivity contribution in [2.45, 2.75) is 46.6 Å². The van der Waals surface area contributed by atoms with Gasteiger partial charge >= 0.3 is 0 Å². The van der Waals surface area contributed by atoms with Gasteiger partial charge in [-0.25, -0.2) is 0 Å².